The Morgan fingerprint density at radius 3 is 2.45 bits per heavy atom. The number of carbonyl (C=O) groups is 5. The van der Waals surface area contributed by atoms with Gasteiger partial charge in [-0.25, -0.2) is 4.98 Å². The van der Waals surface area contributed by atoms with Crippen molar-refractivity contribution in [1.82, 2.24) is 29.7 Å². The first-order valence-corrected chi connectivity index (χ1v) is 14.3. The van der Waals surface area contributed by atoms with E-state index in [0.29, 0.717) is 17.5 Å². The highest BCUT2D eigenvalue weighted by atomic mass is 32.1. The van der Waals surface area contributed by atoms with E-state index in [4.69, 9.17) is 0 Å². The molecule has 1 atom stereocenters. The van der Waals surface area contributed by atoms with Gasteiger partial charge in [-0.3, -0.25) is 33.8 Å². The molecule has 0 bridgehead atoms. The summed E-state index contributed by atoms with van der Waals surface area (Å²) < 4.78 is 2.61. The van der Waals surface area contributed by atoms with Gasteiger partial charge >= 0.3 is 0 Å². The van der Waals surface area contributed by atoms with Crippen molar-refractivity contribution in [3.63, 3.8) is 0 Å². The van der Waals surface area contributed by atoms with E-state index in [0.717, 1.165) is 28.7 Å². The fraction of sp³-hybridized carbons (Fsp3) is 0.407. The van der Waals surface area contributed by atoms with Crippen molar-refractivity contribution in [2.75, 3.05) is 17.2 Å². The van der Waals surface area contributed by atoms with Crippen LogP contribution in [0.1, 0.15) is 50.0 Å². The van der Waals surface area contributed by atoms with Gasteiger partial charge in [0.05, 0.1) is 24.2 Å². The van der Waals surface area contributed by atoms with Gasteiger partial charge in [-0.05, 0) is 24.5 Å². The van der Waals surface area contributed by atoms with Gasteiger partial charge in [-0.1, -0.05) is 26.7 Å². The van der Waals surface area contributed by atoms with E-state index in [9.17, 15) is 28.8 Å². The minimum atomic E-state index is -1.29. The average Bonchev–Trinajstić information content (AvgIpc) is 3.65. The van der Waals surface area contributed by atoms with Crippen LogP contribution in [0.2, 0.25) is 0 Å². The van der Waals surface area contributed by atoms with E-state index in [1.807, 2.05) is 13.8 Å². The van der Waals surface area contributed by atoms with Crippen LogP contribution in [0, 0.1) is 5.92 Å². The highest BCUT2D eigenvalue weighted by Crippen LogP contribution is 2.13. The number of rotatable bonds is 15. The lowest BCUT2D eigenvalue weighted by molar-refractivity contribution is -0.135. The van der Waals surface area contributed by atoms with Gasteiger partial charge in [-0.15, -0.1) is 11.3 Å². The summed E-state index contributed by atoms with van der Waals surface area (Å²) in [5.41, 5.74) is 0.903. The van der Waals surface area contributed by atoms with E-state index < -0.39 is 35.1 Å². The molecule has 3 aromatic rings. The van der Waals surface area contributed by atoms with Crippen LogP contribution in [0.4, 0.5) is 10.7 Å². The summed E-state index contributed by atoms with van der Waals surface area (Å²) in [7, 11) is 1.59. The Balaban J connectivity index is 1.71. The fourth-order valence-electron chi connectivity index (χ4n) is 3.95. The van der Waals surface area contributed by atoms with Crippen LogP contribution in [-0.2, 0) is 32.8 Å². The quantitative estimate of drug-likeness (QED) is 0.189. The molecule has 0 aromatic carbocycles. The monoisotopic (exact) mass is 598 g/mol. The minimum Gasteiger partial charge on any atom is -0.354 e. The van der Waals surface area contributed by atoms with Crippen molar-refractivity contribution in [2.24, 2.45) is 13.0 Å². The van der Waals surface area contributed by atoms with Crippen LogP contribution in [0.3, 0.4) is 0 Å². The lowest BCUT2D eigenvalue weighted by Crippen LogP contribution is -2.45. The molecular formula is C27H34N8O6S. The number of anilines is 2. The summed E-state index contributed by atoms with van der Waals surface area (Å²) in [6.45, 7) is 4.33. The molecule has 14 nitrogen and oxygen atoms in total. The molecule has 0 aliphatic rings. The molecular weight excluding hydrogens is 564 g/mol. The number of nitrogens with one attached hydrogen (secondary N) is 4. The first-order chi connectivity index (χ1) is 20.1. The van der Waals surface area contributed by atoms with Crippen LogP contribution >= 0.6 is 11.3 Å². The van der Waals surface area contributed by atoms with Gasteiger partial charge in [0.25, 0.3) is 17.4 Å². The number of amides is 4. The molecule has 0 saturated heterocycles. The Hall–Kier alpha value is -4.66. The van der Waals surface area contributed by atoms with E-state index in [1.165, 1.54) is 47.1 Å². The highest BCUT2D eigenvalue weighted by Gasteiger charge is 2.26. The number of pyridine rings is 1. The van der Waals surface area contributed by atoms with Crippen molar-refractivity contribution in [1.29, 1.82) is 0 Å². The van der Waals surface area contributed by atoms with Gasteiger partial charge in [0, 0.05) is 26.2 Å². The molecule has 224 valence electrons. The molecule has 4 N–H and O–H groups in total. The van der Waals surface area contributed by atoms with Gasteiger partial charge in [0.15, 0.2) is 0 Å². The molecule has 0 aliphatic carbocycles. The SMILES string of the molecule is CCC(CC)CNC(=O)Cn1cccc(NC(=O)[C@H](CCC(=O)C(=O)Nc2cncs2)NC(=O)c2cncn2C)c1=O. The molecule has 3 rings (SSSR count). The third kappa shape index (κ3) is 8.92. The number of aryl methyl sites for hydroxylation is 1. The van der Waals surface area contributed by atoms with E-state index in [-0.39, 0.29) is 36.7 Å². The van der Waals surface area contributed by atoms with Crippen molar-refractivity contribution < 1.29 is 24.0 Å². The van der Waals surface area contributed by atoms with Crippen LogP contribution in [0.25, 0.3) is 0 Å². The molecule has 42 heavy (non-hydrogen) atoms. The van der Waals surface area contributed by atoms with Gasteiger partial charge in [-0.2, -0.15) is 0 Å². The van der Waals surface area contributed by atoms with Crippen LogP contribution in [0.15, 0.2) is 47.4 Å². The first kappa shape index (κ1) is 31.9. The molecule has 3 heterocycles. The number of imidazole rings is 1. The largest absolute Gasteiger partial charge is 0.354 e. The Bertz CT molecular complexity index is 1460. The Labute approximate surface area is 245 Å². The molecule has 15 heteroatoms. The second-order valence-electron chi connectivity index (χ2n) is 9.53. The topological polar surface area (TPSA) is 186 Å². The number of nitrogens with zero attached hydrogens (tertiary/aromatic N) is 4. The summed E-state index contributed by atoms with van der Waals surface area (Å²) in [6, 6.07) is 1.58. The zero-order valence-electron chi connectivity index (χ0n) is 23.6. The minimum absolute atomic E-state index is 0.121. The maximum Gasteiger partial charge on any atom is 0.292 e. The summed E-state index contributed by atoms with van der Waals surface area (Å²) >= 11 is 1.14. The maximum atomic E-state index is 13.3. The van der Waals surface area contributed by atoms with Gasteiger partial charge in [0.1, 0.15) is 29.0 Å². The predicted molar refractivity (Wildman–Crippen MR) is 156 cm³/mol. The highest BCUT2D eigenvalue weighted by molar-refractivity contribution is 7.14. The fourth-order valence-corrected chi connectivity index (χ4v) is 4.46. The van der Waals surface area contributed by atoms with Crippen molar-refractivity contribution in [3.8, 4) is 0 Å². The smallest absolute Gasteiger partial charge is 0.292 e. The van der Waals surface area contributed by atoms with Crippen LogP contribution in [0.5, 0.6) is 0 Å². The molecule has 3 aromatic heterocycles. The standard InChI is InChI=1S/C27H34N8O6S/c1-4-17(5-2)11-30-22(37)14-35-10-6-7-19(27(35)41)32-24(38)18(31-25(39)20-12-28-15-34(20)3)8-9-21(36)26(40)33-23-13-29-16-42-23/h6-7,10,12-13,15-18H,4-5,8-9,11,14H2,1-3H3,(H,30,37)(H,31,39)(H,32,38)(H,33,40)/t18-/m0/s1. The number of hydrogen-bond acceptors (Lipinski definition) is 9. The van der Waals surface area contributed by atoms with E-state index >= 15 is 0 Å². The molecule has 0 aliphatic heterocycles. The number of hydrogen-bond donors (Lipinski definition) is 4. The number of ketones is 1. The first-order valence-electron chi connectivity index (χ1n) is 13.4. The number of carbonyl (C=O) groups excluding carboxylic acids is 5. The maximum absolute atomic E-state index is 13.3. The van der Waals surface area contributed by atoms with Gasteiger partial charge < -0.3 is 30.4 Å². The molecule has 0 radical (unpaired) electrons. The average molecular weight is 599 g/mol. The van der Waals surface area contributed by atoms with Crippen molar-refractivity contribution >= 4 is 51.4 Å². The number of thiazole rings is 1. The van der Waals surface area contributed by atoms with Crippen molar-refractivity contribution in [3.05, 3.63) is 58.6 Å². The molecule has 0 spiro atoms. The van der Waals surface area contributed by atoms with E-state index in [2.05, 4.69) is 31.2 Å². The Morgan fingerprint density at radius 1 is 1.05 bits per heavy atom. The molecule has 0 unspecified atom stereocenters. The zero-order chi connectivity index (χ0) is 30.6. The number of aromatic nitrogens is 4. The molecule has 0 fully saturated rings. The van der Waals surface area contributed by atoms with Gasteiger partial charge in [0.2, 0.25) is 17.6 Å². The molecule has 4 amide bonds. The summed E-state index contributed by atoms with van der Waals surface area (Å²) in [5, 5.41) is 10.7. The Morgan fingerprint density at radius 2 is 1.81 bits per heavy atom. The Kier molecular flexibility index (Phi) is 11.7. The van der Waals surface area contributed by atoms with Crippen LogP contribution < -0.4 is 26.8 Å². The van der Waals surface area contributed by atoms with Crippen LogP contribution in [-0.4, -0.2) is 61.1 Å². The summed E-state index contributed by atoms with van der Waals surface area (Å²) in [4.78, 5) is 84.0. The third-order valence-electron chi connectivity index (χ3n) is 6.59. The molecule has 0 saturated carbocycles. The normalized spacial score (nSPS) is 11.5. The third-order valence-corrected chi connectivity index (χ3v) is 7.28. The summed E-state index contributed by atoms with van der Waals surface area (Å²) in [5.74, 6) is -3.13. The lowest BCUT2D eigenvalue weighted by Gasteiger charge is -2.18. The summed E-state index contributed by atoms with van der Waals surface area (Å²) in [6.07, 6.45) is 6.76. The predicted octanol–water partition coefficient (Wildman–Crippen LogP) is 1.32. The zero-order valence-corrected chi connectivity index (χ0v) is 24.4. The lowest BCUT2D eigenvalue weighted by atomic mass is 10.0. The van der Waals surface area contributed by atoms with Crippen molar-refractivity contribution in [2.45, 2.75) is 52.1 Å². The number of Topliss-reactive ketones (excluding diaryl/α,β-unsaturated/α-hetero) is 1. The van der Waals surface area contributed by atoms with E-state index in [1.54, 1.807) is 7.05 Å². The second kappa shape index (κ2) is 15.4. The second-order valence-corrected chi connectivity index (χ2v) is 10.4.